The van der Waals surface area contributed by atoms with Crippen molar-refractivity contribution in [3.05, 3.63) is 76.0 Å². The lowest BCUT2D eigenvalue weighted by Gasteiger charge is -2.06. The highest BCUT2D eigenvalue weighted by atomic mass is 79.9. The van der Waals surface area contributed by atoms with E-state index in [4.69, 9.17) is 0 Å². The molecule has 1 aromatic heterocycles. The molecular formula is C18H15BrN2OS. The van der Waals surface area contributed by atoms with Gasteiger partial charge < -0.3 is 0 Å². The molecule has 0 N–H and O–H groups in total. The molecule has 3 aromatic rings. The van der Waals surface area contributed by atoms with Crippen molar-refractivity contribution >= 4 is 33.6 Å². The zero-order valence-corrected chi connectivity index (χ0v) is 15.2. The van der Waals surface area contributed by atoms with E-state index in [-0.39, 0.29) is 5.91 Å². The lowest BCUT2D eigenvalue weighted by molar-refractivity contribution is 0.0941. The van der Waals surface area contributed by atoms with Gasteiger partial charge >= 0.3 is 0 Å². The minimum Gasteiger partial charge on any atom is -0.267 e. The number of carbonyl (C=O) groups excluding carboxylic acids is 1. The first-order valence-electron chi connectivity index (χ1n) is 7.16. The van der Waals surface area contributed by atoms with Crippen LogP contribution in [0, 0.1) is 13.8 Å². The van der Waals surface area contributed by atoms with Gasteiger partial charge in [-0.3, -0.25) is 4.79 Å². The van der Waals surface area contributed by atoms with Crippen LogP contribution in [0.15, 0.2) is 68.9 Å². The van der Waals surface area contributed by atoms with Gasteiger partial charge in [-0.25, -0.2) is 0 Å². The first-order chi connectivity index (χ1) is 11.1. The van der Waals surface area contributed by atoms with Crippen LogP contribution in [-0.2, 0) is 0 Å². The van der Waals surface area contributed by atoms with Gasteiger partial charge in [0.15, 0.2) is 0 Å². The fraction of sp³-hybridized carbons (Fsp3) is 0.111. The van der Waals surface area contributed by atoms with Crippen LogP contribution in [0.3, 0.4) is 0 Å². The van der Waals surface area contributed by atoms with Gasteiger partial charge in [-0.2, -0.15) is 9.78 Å². The minimum atomic E-state index is -0.127. The molecule has 0 amide bonds. The zero-order chi connectivity index (χ0) is 16.4. The second-order valence-corrected chi connectivity index (χ2v) is 7.05. The summed E-state index contributed by atoms with van der Waals surface area (Å²) < 4.78 is 2.26. The van der Waals surface area contributed by atoms with Crippen molar-refractivity contribution in [3.63, 3.8) is 0 Å². The molecule has 3 rings (SSSR count). The topological polar surface area (TPSA) is 34.9 Å². The van der Waals surface area contributed by atoms with E-state index in [1.807, 2.05) is 50.2 Å². The largest absolute Gasteiger partial charge is 0.279 e. The molecule has 0 radical (unpaired) electrons. The predicted octanol–water partition coefficient (Wildman–Crippen LogP) is 5.10. The maximum Gasteiger partial charge on any atom is 0.279 e. The summed E-state index contributed by atoms with van der Waals surface area (Å²) in [5.74, 6) is -0.127. The van der Waals surface area contributed by atoms with E-state index in [2.05, 4.69) is 33.2 Å². The van der Waals surface area contributed by atoms with Crippen molar-refractivity contribution in [1.29, 1.82) is 0 Å². The van der Waals surface area contributed by atoms with E-state index in [1.165, 1.54) is 4.68 Å². The Bertz CT molecular complexity index is 859. The summed E-state index contributed by atoms with van der Waals surface area (Å²) in [5, 5.41) is 4.45. The molecule has 0 spiro atoms. The average Bonchev–Trinajstić information content (AvgIpc) is 2.84. The molecule has 2 aromatic carbocycles. The van der Waals surface area contributed by atoms with Crippen LogP contribution in [0.4, 0.5) is 0 Å². The number of hydrogen-bond donors (Lipinski definition) is 0. The fourth-order valence-electron chi connectivity index (χ4n) is 2.33. The van der Waals surface area contributed by atoms with Crippen molar-refractivity contribution < 1.29 is 4.79 Å². The molecule has 0 aliphatic carbocycles. The number of rotatable bonds is 3. The van der Waals surface area contributed by atoms with Crippen LogP contribution >= 0.6 is 27.7 Å². The first kappa shape index (κ1) is 16.0. The molecule has 5 heteroatoms. The Morgan fingerprint density at radius 1 is 1.04 bits per heavy atom. The normalized spacial score (nSPS) is 10.7. The van der Waals surface area contributed by atoms with Gasteiger partial charge in [0.1, 0.15) is 0 Å². The number of nitrogens with zero attached hydrogens (tertiary/aromatic N) is 2. The minimum absolute atomic E-state index is 0.127. The lowest BCUT2D eigenvalue weighted by atomic mass is 10.2. The molecular weight excluding hydrogens is 372 g/mol. The van der Waals surface area contributed by atoms with Crippen LogP contribution < -0.4 is 0 Å². The van der Waals surface area contributed by atoms with Gasteiger partial charge in [0.25, 0.3) is 5.91 Å². The highest BCUT2D eigenvalue weighted by molar-refractivity contribution is 9.10. The summed E-state index contributed by atoms with van der Waals surface area (Å²) in [4.78, 5) is 14.9. The molecule has 0 atom stereocenters. The highest BCUT2D eigenvalue weighted by Crippen LogP contribution is 2.33. The Morgan fingerprint density at radius 3 is 2.39 bits per heavy atom. The first-order valence-corrected chi connectivity index (χ1v) is 8.77. The molecule has 23 heavy (non-hydrogen) atoms. The summed E-state index contributed by atoms with van der Waals surface area (Å²) in [5.41, 5.74) is 2.32. The number of halogens is 1. The number of aromatic nitrogens is 2. The number of carbonyl (C=O) groups is 1. The number of aryl methyl sites for hydroxylation is 1. The van der Waals surface area contributed by atoms with E-state index in [0.717, 1.165) is 25.7 Å². The molecule has 0 unspecified atom stereocenters. The van der Waals surface area contributed by atoms with E-state index in [1.54, 1.807) is 17.8 Å². The van der Waals surface area contributed by atoms with Crippen LogP contribution in [-0.4, -0.2) is 15.7 Å². The van der Waals surface area contributed by atoms with Gasteiger partial charge in [0.05, 0.1) is 21.8 Å². The van der Waals surface area contributed by atoms with Gasteiger partial charge in [0, 0.05) is 9.37 Å². The standard InChI is InChI=1S/C18H15BrN2OS/c1-12-17(23-14-8-4-3-5-9-14)13(2)21(20-12)18(22)15-10-6-7-11-16(15)19/h3-11H,1-2H3. The highest BCUT2D eigenvalue weighted by Gasteiger charge is 2.20. The molecule has 3 nitrogen and oxygen atoms in total. The molecule has 0 saturated carbocycles. The molecule has 0 fully saturated rings. The van der Waals surface area contributed by atoms with Gasteiger partial charge in [0.2, 0.25) is 0 Å². The van der Waals surface area contributed by atoms with Crippen LogP contribution in [0.1, 0.15) is 21.7 Å². The van der Waals surface area contributed by atoms with E-state index < -0.39 is 0 Å². The maximum absolute atomic E-state index is 12.8. The quantitative estimate of drug-likeness (QED) is 0.627. The van der Waals surface area contributed by atoms with Crippen molar-refractivity contribution in [3.8, 4) is 0 Å². The van der Waals surface area contributed by atoms with Gasteiger partial charge in [-0.05, 0) is 54.0 Å². The number of hydrogen-bond acceptors (Lipinski definition) is 3. The molecule has 0 saturated heterocycles. The summed E-state index contributed by atoms with van der Waals surface area (Å²) in [6.45, 7) is 3.86. The third-order valence-corrected chi connectivity index (χ3v) is 5.48. The summed E-state index contributed by atoms with van der Waals surface area (Å²) >= 11 is 5.06. The number of benzene rings is 2. The molecule has 116 valence electrons. The summed E-state index contributed by atoms with van der Waals surface area (Å²) in [6.07, 6.45) is 0. The summed E-state index contributed by atoms with van der Waals surface area (Å²) in [7, 11) is 0. The molecule has 0 aliphatic rings. The Kier molecular flexibility index (Phi) is 4.68. The molecule has 1 heterocycles. The van der Waals surface area contributed by atoms with E-state index in [0.29, 0.717) is 5.56 Å². The second-order valence-electron chi connectivity index (χ2n) is 5.11. The van der Waals surface area contributed by atoms with Crippen LogP contribution in [0.2, 0.25) is 0 Å². The zero-order valence-electron chi connectivity index (χ0n) is 12.8. The Balaban J connectivity index is 1.98. The lowest BCUT2D eigenvalue weighted by Crippen LogP contribution is -2.15. The van der Waals surface area contributed by atoms with Crippen molar-refractivity contribution in [2.75, 3.05) is 0 Å². The van der Waals surface area contributed by atoms with E-state index >= 15 is 0 Å². The average molecular weight is 387 g/mol. The van der Waals surface area contributed by atoms with Crippen LogP contribution in [0.5, 0.6) is 0 Å². The Morgan fingerprint density at radius 2 is 1.70 bits per heavy atom. The third kappa shape index (κ3) is 3.26. The Hall–Kier alpha value is -1.85. The van der Waals surface area contributed by atoms with Crippen LogP contribution in [0.25, 0.3) is 0 Å². The van der Waals surface area contributed by atoms with E-state index in [9.17, 15) is 4.79 Å². The monoisotopic (exact) mass is 386 g/mol. The predicted molar refractivity (Wildman–Crippen MR) is 96.1 cm³/mol. The van der Waals surface area contributed by atoms with Gasteiger partial charge in [-0.1, -0.05) is 42.1 Å². The second kappa shape index (κ2) is 6.72. The smallest absolute Gasteiger partial charge is 0.267 e. The summed E-state index contributed by atoms with van der Waals surface area (Å²) in [6, 6.07) is 17.5. The molecule has 0 bridgehead atoms. The van der Waals surface area contributed by atoms with Crippen molar-refractivity contribution in [2.24, 2.45) is 0 Å². The van der Waals surface area contributed by atoms with Crippen molar-refractivity contribution in [1.82, 2.24) is 9.78 Å². The Labute approximate surface area is 147 Å². The van der Waals surface area contributed by atoms with Gasteiger partial charge in [-0.15, -0.1) is 0 Å². The third-order valence-electron chi connectivity index (χ3n) is 3.48. The van der Waals surface area contributed by atoms with Crippen molar-refractivity contribution in [2.45, 2.75) is 23.6 Å². The SMILES string of the molecule is Cc1nn(C(=O)c2ccccc2Br)c(C)c1Sc1ccccc1. The molecule has 0 aliphatic heterocycles. The maximum atomic E-state index is 12.8. The fourth-order valence-corrected chi connectivity index (χ4v) is 3.73.